The molecule has 0 N–H and O–H groups in total. The number of hydrogen-bond donors (Lipinski definition) is 0. The molecule has 4 aromatic rings. The fourth-order valence-corrected chi connectivity index (χ4v) is 5.15. The first-order valence-electron chi connectivity index (χ1n) is 11.4. The van der Waals surface area contributed by atoms with E-state index in [1.54, 1.807) is 89.8 Å². The Morgan fingerprint density at radius 2 is 1.61 bits per heavy atom. The number of carbonyl (C=O) groups excluding carboxylic acids is 1. The van der Waals surface area contributed by atoms with Gasteiger partial charge in [-0.05, 0) is 102 Å². The van der Waals surface area contributed by atoms with Crippen molar-refractivity contribution in [2.45, 2.75) is 6.61 Å². The van der Waals surface area contributed by atoms with Crippen molar-refractivity contribution in [3.05, 3.63) is 128 Å². The first-order chi connectivity index (χ1) is 18.4. The van der Waals surface area contributed by atoms with Crippen LogP contribution in [0.5, 0.6) is 5.75 Å². The lowest BCUT2D eigenvalue weighted by molar-refractivity contribution is -0.113. The summed E-state index contributed by atoms with van der Waals surface area (Å²) in [6.07, 6.45) is 1.75. The first-order valence-corrected chi connectivity index (χ1v) is 13.3. The first kappa shape index (κ1) is 26.3. The van der Waals surface area contributed by atoms with Crippen LogP contribution in [0.4, 0.5) is 15.8 Å². The zero-order valence-corrected chi connectivity index (χ0v) is 22.7. The second-order valence-electron chi connectivity index (χ2n) is 8.21. The summed E-state index contributed by atoms with van der Waals surface area (Å²) in [7, 11) is 0. The van der Waals surface area contributed by atoms with Gasteiger partial charge in [0, 0.05) is 10.0 Å². The average Bonchev–Trinajstić information content (AvgIpc) is 3.19. The SMILES string of the molecule is O=C1/C(=C/c2ccc(OCc3cccc(F)c3)c(Cl)c2)SC(=Nc2ccc(Cl)cc2)N1c1ccc(Cl)cc1. The molecule has 1 aliphatic rings. The maximum atomic E-state index is 13.5. The summed E-state index contributed by atoms with van der Waals surface area (Å²) in [6, 6.07) is 25.4. The summed E-state index contributed by atoms with van der Waals surface area (Å²) in [5.74, 6) is -0.103. The van der Waals surface area contributed by atoms with Crippen molar-refractivity contribution in [1.82, 2.24) is 0 Å². The van der Waals surface area contributed by atoms with Crippen molar-refractivity contribution < 1.29 is 13.9 Å². The average molecular weight is 584 g/mol. The van der Waals surface area contributed by atoms with Crippen molar-refractivity contribution in [3.8, 4) is 5.75 Å². The quantitative estimate of drug-likeness (QED) is 0.213. The molecule has 4 nitrogen and oxygen atoms in total. The topological polar surface area (TPSA) is 41.9 Å². The number of amidine groups is 1. The molecule has 0 aromatic heterocycles. The third-order valence-electron chi connectivity index (χ3n) is 5.48. The van der Waals surface area contributed by atoms with Crippen LogP contribution in [0.3, 0.4) is 0 Å². The molecule has 5 rings (SSSR count). The second kappa shape index (κ2) is 11.6. The minimum atomic E-state index is -0.329. The number of carbonyl (C=O) groups is 1. The van der Waals surface area contributed by atoms with Crippen LogP contribution >= 0.6 is 46.6 Å². The Morgan fingerprint density at radius 3 is 2.29 bits per heavy atom. The molecule has 1 saturated heterocycles. The number of rotatable bonds is 6. The van der Waals surface area contributed by atoms with E-state index < -0.39 is 0 Å². The van der Waals surface area contributed by atoms with E-state index in [0.717, 1.165) is 0 Å². The maximum absolute atomic E-state index is 13.5. The monoisotopic (exact) mass is 582 g/mol. The van der Waals surface area contributed by atoms with Crippen molar-refractivity contribution in [3.63, 3.8) is 0 Å². The number of nitrogens with zero attached hydrogens (tertiary/aromatic N) is 2. The number of halogens is 4. The van der Waals surface area contributed by atoms with Gasteiger partial charge in [0.2, 0.25) is 0 Å². The Balaban J connectivity index is 1.41. The highest BCUT2D eigenvalue weighted by Crippen LogP contribution is 2.38. The highest BCUT2D eigenvalue weighted by Gasteiger charge is 2.34. The molecule has 38 heavy (non-hydrogen) atoms. The zero-order valence-electron chi connectivity index (χ0n) is 19.6. The Labute approximate surface area is 238 Å². The van der Waals surface area contributed by atoms with Crippen molar-refractivity contribution in [2.75, 3.05) is 4.90 Å². The summed E-state index contributed by atoms with van der Waals surface area (Å²) in [6.45, 7) is 0.173. The van der Waals surface area contributed by atoms with Crippen LogP contribution in [-0.4, -0.2) is 11.1 Å². The van der Waals surface area contributed by atoms with Gasteiger partial charge in [-0.3, -0.25) is 9.69 Å². The molecule has 1 fully saturated rings. The molecule has 0 aliphatic carbocycles. The molecular formula is C29H18Cl3FN2O2S. The Hall–Kier alpha value is -3.29. The van der Waals surface area contributed by atoms with E-state index in [2.05, 4.69) is 0 Å². The second-order valence-corrected chi connectivity index (χ2v) is 10.5. The van der Waals surface area contributed by atoms with Gasteiger partial charge >= 0.3 is 0 Å². The molecule has 4 aromatic carbocycles. The third kappa shape index (κ3) is 6.22. The normalized spacial score (nSPS) is 15.5. The Bertz CT molecular complexity index is 1560. The number of thioether (sulfide) groups is 1. The van der Waals surface area contributed by atoms with Crippen LogP contribution in [0.15, 0.2) is 101 Å². The van der Waals surface area contributed by atoms with Gasteiger partial charge in [-0.15, -0.1) is 0 Å². The van der Waals surface area contributed by atoms with Crippen LogP contribution in [0.1, 0.15) is 11.1 Å². The number of amides is 1. The molecule has 9 heteroatoms. The molecule has 1 amide bonds. The smallest absolute Gasteiger partial charge is 0.271 e. The fourth-order valence-electron chi connectivity index (χ4n) is 3.66. The number of ether oxygens (including phenoxy) is 1. The van der Waals surface area contributed by atoms with E-state index in [-0.39, 0.29) is 18.3 Å². The molecule has 0 unspecified atom stereocenters. The lowest BCUT2D eigenvalue weighted by Gasteiger charge is -2.15. The minimum absolute atomic E-state index is 0.173. The van der Waals surface area contributed by atoms with Gasteiger partial charge in [-0.25, -0.2) is 9.38 Å². The van der Waals surface area contributed by atoms with Crippen LogP contribution < -0.4 is 9.64 Å². The van der Waals surface area contributed by atoms with Crippen molar-refractivity contribution in [1.29, 1.82) is 0 Å². The number of hydrogen-bond acceptors (Lipinski definition) is 4. The molecule has 0 spiro atoms. The van der Waals surface area contributed by atoms with Crippen molar-refractivity contribution in [2.24, 2.45) is 4.99 Å². The molecule has 1 aliphatic heterocycles. The molecule has 0 saturated carbocycles. The van der Waals surface area contributed by atoms with E-state index in [0.29, 0.717) is 53.4 Å². The maximum Gasteiger partial charge on any atom is 0.271 e. The minimum Gasteiger partial charge on any atom is -0.487 e. The van der Waals surface area contributed by atoms with Gasteiger partial charge in [0.1, 0.15) is 18.2 Å². The zero-order chi connectivity index (χ0) is 26.6. The third-order valence-corrected chi connectivity index (χ3v) is 7.25. The van der Waals surface area contributed by atoms with E-state index >= 15 is 0 Å². The molecular weight excluding hydrogens is 566 g/mol. The lowest BCUT2D eigenvalue weighted by atomic mass is 10.2. The van der Waals surface area contributed by atoms with Crippen LogP contribution in [0, 0.1) is 5.82 Å². The summed E-state index contributed by atoms with van der Waals surface area (Å²) in [5.41, 5.74) is 2.71. The van der Waals surface area contributed by atoms with Gasteiger partial charge < -0.3 is 4.74 Å². The molecule has 0 atom stereocenters. The predicted molar refractivity (Wildman–Crippen MR) is 155 cm³/mol. The highest BCUT2D eigenvalue weighted by molar-refractivity contribution is 8.19. The number of benzene rings is 4. The summed E-state index contributed by atoms with van der Waals surface area (Å²) in [4.78, 5) is 20.2. The fraction of sp³-hybridized carbons (Fsp3) is 0.0345. The van der Waals surface area contributed by atoms with E-state index in [1.807, 2.05) is 0 Å². The predicted octanol–water partition coefficient (Wildman–Crippen LogP) is 9.17. The van der Waals surface area contributed by atoms with Gasteiger partial charge in [-0.1, -0.05) is 53.0 Å². The van der Waals surface area contributed by atoms with Gasteiger partial charge in [0.15, 0.2) is 5.17 Å². The molecule has 1 heterocycles. The molecule has 0 bridgehead atoms. The largest absolute Gasteiger partial charge is 0.487 e. The van der Waals surface area contributed by atoms with Crippen LogP contribution in [-0.2, 0) is 11.4 Å². The summed E-state index contributed by atoms with van der Waals surface area (Å²) in [5, 5.41) is 2.02. The Morgan fingerprint density at radius 1 is 0.895 bits per heavy atom. The van der Waals surface area contributed by atoms with Gasteiger partial charge in [0.25, 0.3) is 5.91 Å². The lowest BCUT2D eigenvalue weighted by Crippen LogP contribution is -2.28. The van der Waals surface area contributed by atoms with Gasteiger partial charge in [0.05, 0.1) is 21.3 Å². The highest BCUT2D eigenvalue weighted by atomic mass is 35.5. The summed E-state index contributed by atoms with van der Waals surface area (Å²) >= 11 is 19.8. The van der Waals surface area contributed by atoms with Crippen LogP contribution in [0.2, 0.25) is 15.1 Å². The number of aliphatic imine (C=N–C) groups is 1. The summed E-state index contributed by atoms with van der Waals surface area (Å²) < 4.78 is 19.2. The van der Waals surface area contributed by atoms with E-state index in [9.17, 15) is 9.18 Å². The number of anilines is 1. The molecule has 0 radical (unpaired) electrons. The van der Waals surface area contributed by atoms with Gasteiger partial charge in [-0.2, -0.15) is 0 Å². The van der Waals surface area contributed by atoms with E-state index in [4.69, 9.17) is 44.5 Å². The Kier molecular flexibility index (Phi) is 8.05. The standard InChI is InChI=1S/C29H18Cl3FN2O2S/c30-20-5-9-23(10-6-20)34-29-35(24-11-7-21(31)8-12-24)28(36)27(38-29)16-18-4-13-26(25(32)15-18)37-17-19-2-1-3-22(33)14-19/h1-16H,17H2/b27-16-,34-29?. The van der Waals surface area contributed by atoms with Crippen molar-refractivity contribution >= 4 is 75.1 Å². The van der Waals surface area contributed by atoms with Crippen LogP contribution in [0.25, 0.3) is 6.08 Å². The van der Waals surface area contributed by atoms with E-state index in [1.165, 1.54) is 23.9 Å². The molecule has 190 valence electrons.